The van der Waals surface area contributed by atoms with Crippen molar-refractivity contribution in [1.82, 2.24) is 10.3 Å². The molecule has 146 valence electrons. The molecular formula is C22H24N2O4. The molecule has 1 aromatic heterocycles. The average molecular weight is 380 g/mol. The number of aromatic nitrogens is 1. The summed E-state index contributed by atoms with van der Waals surface area (Å²) in [7, 11) is 0. The van der Waals surface area contributed by atoms with Crippen LogP contribution in [-0.4, -0.2) is 36.1 Å². The Hall–Kier alpha value is -3.28. The van der Waals surface area contributed by atoms with E-state index in [0.29, 0.717) is 25.1 Å². The molecule has 0 unspecified atom stereocenters. The summed E-state index contributed by atoms with van der Waals surface area (Å²) in [5.74, 6) is -0.282. The van der Waals surface area contributed by atoms with E-state index in [4.69, 9.17) is 9.47 Å². The Morgan fingerprint density at radius 1 is 1.07 bits per heavy atom. The van der Waals surface area contributed by atoms with Crippen molar-refractivity contribution in [2.45, 2.75) is 25.9 Å². The van der Waals surface area contributed by atoms with E-state index in [9.17, 15) is 9.59 Å². The molecule has 0 spiro atoms. The Morgan fingerprint density at radius 2 is 1.82 bits per heavy atom. The summed E-state index contributed by atoms with van der Waals surface area (Å²) in [6.07, 6.45) is 2.36. The highest BCUT2D eigenvalue weighted by Gasteiger charge is 2.21. The van der Waals surface area contributed by atoms with Crippen LogP contribution in [0.15, 0.2) is 60.8 Å². The summed E-state index contributed by atoms with van der Waals surface area (Å²) in [4.78, 5) is 27.3. The van der Waals surface area contributed by atoms with Gasteiger partial charge in [-0.05, 0) is 36.6 Å². The number of hydrogen-bond acceptors (Lipinski definition) is 4. The number of carbonyl (C=O) groups excluding carboxylic acids is 2. The first-order chi connectivity index (χ1) is 13.7. The van der Waals surface area contributed by atoms with Crippen LogP contribution in [0.25, 0.3) is 10.9 Å². The lowest BCUT2D eigenvalue weighted by Gasteiger charge is -2.16. The van der Waals surface area contributed by atoms with Gasteiger partial charge in [0, 0.05) is 23.6 Å². The molecule has 2 aromatic carbocycles. The number of esters is 1. The van der Waals surface area contributed by atoms with Crippen molar-refractivity contribution < 1.29 is 19.1 Å². The maximum atomic E-state index is 12.2. The largest absolute Gasteiger partial charge is 0.479 e. The van der Waals surface area contributed by atoms with Crippen LogP contribution >= 0.6 is 0 Å². The van der Waals surface area contributed by atoms with Gasteiger partial charge in [-0.25, -0.2) is 4.79 Å². The zero-order valence-electron chi connectivity index (χ0n) is 15.8. The third kappa shape index (κ3) is 5.13. The molecule has 6 heteroatoms. The van der Waals surface area contributed by atoms with Gasteiger partial charge < -0.3 is 19.8 Å². The van der Waals surface area contributed by atoms with Crippen molar-refractivity contribution in [2.24, 2.45) is 0 Å². The molecule has 0 saturated carbocycles. The number of ether oxygens (including phenoxy) is 2. The molecular weight excluding hydrogens is 356 g/mol. The summed E-state index contributed by atoms with van der Waals surface area (Å²) in [5, 5.41) is 3.92. The van der Waals surface area contributed by atoms with Crippen LogP contribution in [-0.2, 0) is 20.7 Å². The molecule has 0 aliphatic rings. The van der Waals surface area contributed by atoms with Gasteiger partial charge in [-0.3, -0.25) is 4.79 Å². The van der Waals surface area contributed by atoms with Crippen molar-refractivity contribution in [1.29, 1.82) is 0 Å². The number of amides is 1. The topological polar surface area (TPSA) is 80.4 Å². The Morgan fingerprint density at radius 3 is 2.61 bits per heavy atom. The van der Waals surface area contributed by atoms with Gasteiger partial charge in [0.15, 0.2) is 12.7 Å². The molecule has 0 fully saturated rings. The van der Waals surface area contributed by atoms with E-state index in [1.807, 2.05) is 55.6 Å². The summed E-state index contributed by atoms with van der Waals surface area (Å²) < 4.78 is 10.7. The molecule has 3 aromatic rings. The molecule has 1 atom stereocenters. The first-order valence-electron chi connectivity index (χ1n) is 9.37. The predicted octanol–water partition coefficient (Wildman–Crippen LogP) is 3.23. The number of rotatable bonds is 9. The number of hydrogen-bond donors (Lipinski definition) is 2. The first-order valence-corrected chi connectivity index (χ1v) is 9.37. The highest BCUT2D eigenvalue weighted by Crippen LogP contribution is 2.17. The van der Waals surface area contributed by atoms with Gasteiger partial charge in [0.2, 0.25) is 0 Å². The molecule has 0 aliphatic carbocycles. The van der Waals surface area contributed by atoms with Crippen molar-refractivity contribution in [3.05, 3.63) is 66.4 Å². The summed E-state index contributed by atoms with van der Waals surface area (Å²) in [6, 6.07) is 17.1. The standard InChI is InChI=1S/C22H24N2O4/c1-2-20(28-17-8-4-3-5-9-17)22(26)27-15-21(25)23-13-12-16-14-24-19-11-7-6-10-18(16)19/h3-11,14,20,24H,2,12-13,15H2,1H3,(H,23,25)/t20-/m0/s1. The third-order valence-corrected chi connectivity index (χ3v) is 4.39. The fourth-order valence-electron chi connectivity index (χ4n) is 2.92. The zero-order valence-corrected chi connectivity index (χ0v) is 15.8. The summed E-state index contributed by atoms with van der Waals surface area (Å²) in [6.45, 7) is 1.98. The smallest absolute Gasteiger partial charge is 0.347 e. The fourth-order valence-corrected chi connectivity index (χ4v) is 2.92. The number of aromatic amines is 1. The van der Waals surface area contributed by atoms with Crippen LogP contribution < -0.4 is 10.1 Å². The number of carbonyl (C=O) groups is 2. The molecule has 0 radical (unpaired) electrons. The van der Waals surface area contributed by atoms with Crippen LogP contribution in [0.1, 0.15) is 18.9 Å². The maximum Gasteiger partial charge on any atom is 0.347 e. The maximum absolute atomic E-state index is 12.2. The quantitative estimate of drug-likeness (QED) is 0.559. The monoisotopic (exact) mass is 380 g/mol. The number of para-hydroxylation sites is 2. The molecule has 3 rings (SSSR count). The van der Waals surface area contributed by atoms with Gasteiger partial charge in [0.05, 0.1) is 0 Å². The van der Waals surface area contributed by atoms with E-state index in [0.717, 1.165) is 16.5 Å². The van der Waals surface area contributed by atoms with Crippen molar-refractivity contribution in [3.63, 3.8) is 0 Å². The van der Waals surface area contributed by atoms with Crippen molar-refractivity contribution in [3.8, 4) is 5.75 Å². The Bertz CT molecular complexity index is 920. The number of fused-ring (bicyclic) bond motifs is 1. The fraction of sp³-hybridized carbons (Fsp3) is 0.273. The second kappa shape index (κ2) is 9.60. The molecule has 0 bridgehead atoms. The molecule has 1 amide bonds. The minimum Gasteiger partial charge on any atom is -0.479 e. The van der Waals surface area contributed by atoms with Gasteiger partial charge in [-0.1, -0.05) is 43.3 Å². The van der Waals surface area contributed by atoms with E-state index in [-0.39, 0.29) is 12.5 Å². The third-order valence-electron chi connectivity index (χ3n) is 4.39. The van der Waals surface area contributed by atoms with Gasteiger partial charge in [-0.15, -0.1) is 0 Å². The summed E-state index contributed by atoms with van der Waals surface area (Å²) >= 11 is 0. The lowest BCUT2D eigenvalue weighted by molar-refractivity contribution is -0.155. The predicted molar refractivity (Wildman–Crippen MR) is 107 cm³/mol. The normalized spacial score (nSPS) is 11.8. The Labute approximate surface area is 163 Å². The van der Waals surface area contributed by atoms with Gasteiger partial charge in [0.1, 0.15) is 5.75 Å². The van der Waals surface area contributed by atoms with Gasteiger partial charge >= 0.3 is 5.97 Å². The SMILES string of the molecule is CC[C@H](Oc1ccccc1)C(=O)OCC(=O)NCCc1c[nH]c2ccccc12. The average Bonchev–Trinajstić information content (AvgIpc) is 3.14. The highest BCUT2D eigenvalue weighted by atomic mass is 16.6. The van der Waals surface area contributed by atoms with Crippen molar-refractivity contribution in [2.75, 3.05) is 13.2 Å². The first kappa shape index (κ1) is 19.5. The minimum absolute atomic E-state index is 0.318. The molecule has 2 N–H and O–H groups in total. The molecule has 0 saturated heterocycles. The molecule has 0 aliphatic heterocycles. The van der Waals surface area contributed by atoms with E-state index in [2.05, 4.69) is 10.3 Å². The van der Waals surface area contributed by atoms with Crippen LogP contribution in [0.3, 0.4) is 0 Å². The van der Waals surface area contributed by atoms with Crippen LogP contribution in [0, 0.1) is 0 Å². The molecule has 6 nitrogen and oxygen atoms in total. The van der Waals surface area contributed by atoms with E-state index >= 15 is 0 Å². The zero-order chi connectivity index (χ0) is 19.8. The van der Waals surface area contributed by atoms with E-state index in [1.165, 1.54) is 0 Å². The second-order valence-electron chi connectivity index (χ2n) is 6.39. The van der Waals surface area contributed by atoms with Crippen LogP contribution in [0.4, 0.5) is 0 Å². The number of benzene rings is 2. The molecule has 28 heavy (non-hydrogen) atoms. The van der Waals surface area contributed by atoms with E-state index in [1.54, 1.807) is 12.1 Å². The van der Waals surface area contributed by atoms with Crippen LogP contribution in [0.2, 0.25) is 0 Å². The Kier molecular flexibility index (Phi) is 6.68. The second-order valence-corrected chi connectivity index (χ2v) is 6.39. The lowest BCUT2D eigenvalue weighted by Crippen LogP contribution is -2.34. The van der Waals surface area contributed by atoms with Gasteiger partial charge in [0.25, 0.3) is 5.91 Å². The van der Waals surface area contributed by atoms with E-state index < -0.39 is 12.1 Å². The Balaban J connectivity index is 1.41. The summed E-state index contributed by atoms with van der Waals surface area (Å²) in [5.41, 5.74) is 2.21. The van der Waals surface area contributed by atoms with Gasteiger partial charge in [-0.2, -0.15) is 0 Å². The van der Waals surface area contributed by atoms with Crippen molar-refractivity contribution >= 4 is 22.8 Å². The number of H-pyrrole nitrogens is 1. The number of nitrogens with one attached hydrogen (secondary N) is 2. The minimum atomic E-state index is -0.735. The van der Waals surface area contributed by atoms with Crippen LogP contribution in [0.5, 0.6) is 5.75 Å². The highest BCUT2D eigenvalue weighted by molar-refractivity contribution is 5.84. The molecule has 1 heterocycles. The lowest BCUT2D eigenvalue weighted by atomic mass is 10.1.